The number of carbonyl (C=O) groups excluding carboxylic acids is 2. The summed E-state index contributed by atoms with van der Waals surface area (Å²) in [5.41, 5.74) is -0.0321. The molecule has 1 saturated heterocycles. The molecule has 4 heterocycles. The minimum Gasteiger partial charge on any atom is -0.469 e. The fourth-order valence-corrected chi connectivity index (χ4v) is 4.40. The summed E-state index contributed by atoms with van der Waals surface area (Å²) in [6, 6.07) is 1.71. The van der Waals surface area contributed by atoms with E-state index in [9.17, 15) is 9.59 Å². The van der Waals surface area contributed by atoms with Gasteiger partial charge in [-0.2, -0.15) is 0 Å². The third-order valence-electron chi connectivity index (χ3n) is 6.36. The van der Waals surface area contributed by atoms with E-state index in [0.29, 0.717) is 49.7 Å². The van der Waals surface area contributed by atoms with E-state index in [0.717, 1.165) is 12.4 Å². The number of aryl methyl sites for hydroxylation is 1. The van der Waals surface area contributed by atoms with Crippen LogP contribution in [0.25, 0.3) is 0 Å². The first kappa shape index (κ1) is 18.4. The van der Waals surface area contributed by atoms with Gasteiger partial charge in [-0.25, -0.2) is 4.98 Å². The quantitative estimate of drug-likeness (QED) is 0.849. The number of rotatable bonds is 4. The predicted molar refractivity (Wildman–Crippen MR) is 103 cm³/mol. The summed E-state index contributed by atoms with van der Waals surface area (Å²) in [4.78, 5) is 31.9. The SMILES string of the molecule is Cc1occc1C(=O)N1CCC2(CC1)O[C@H](C(=O)NCC1CC1)Cn1ccnc12. The van der Waals surface area contributed by atoms with Gasteiger partial charge in [-0.3, -0.25) is 9.59 Å². The molecule has 154 valence electrons. The van der Waals surface area contributed by atoms with Crippen LogP contribution in [0.5, 0.6) is 0 Å². The molecule has 2 aromatic rings. The summed E-state index contributed by atoms with van der Waals surface area (Å²) >= 11 is 0. The van der Waals surface area contributed by atoms with Gasteiger partial charge in [0.1, 0.15) is 17.2 Å². The van der Waals surface area contributed by atoms with Gasteiger partial charge in [-0.1, -0.05) is 0 Å². The van der Waals surface area contributed by atoms with Crippen LogP contribution in [0.4, 0.5) is 0 Å². The number of amides is 2. The highest BCUT2D eigenvalue weighted by atomic mass is 16.5. The molecule has 3 aliphatic rings. The van der Waals surface area contributed by atoms with Gasteiger partial charge >= 0.3 is 0 Å². The molecule has 1 atom stereocenters. The minimum atomic E-state index is -0.633. The Morgan fingerprint density at radius 3 is 2.79 bits per heavy atom. The van der Waals surface area contributed by atoms with Crippen LogP contribution in [-0.4, -0.2) is 52.0 Å². The van der Waals surface area contributed by atoms with E-state index in [1.54, 1.807) is 25.5 Å². The number of nitrogens with zero attached hydrogens (tertiary/aromatic N) is 3. The van der Waals surface area contributed by atoms with E-state index in [1.165, 1.54) is 12.8 Å². The van der Waals surface area contributed by atoms with E-state index in [1.807, 2.05) is 15.7 Å². The molecule has 1 saturated carbocycles. The molecule has 29 heavy (non-hydrogen) atoms. The highest BCUT2D eigenvalue weighted by Crippen LogP contribution is 2.40. The van der Waals surface area contributed by atoms with E-state index in [2.05, 4.69) is 10.3 Å². The van der Waals surface area contributed by atoms with Gasteiger partial charge < -0.3 is 23.9 Å². The number of furan rings is 1. The minimum absolute atomic E-state index is 0.0241. The van der Waals surface area contributed by atoms with Crippen LogP contribution in [0.3, 0.4) is 0 Å². The number of hydrogen-bond donors (Lipinski definition) is 1. The second kappa shape index (κ2) is 7.02. The number of piperidine rings is 1. The molecule has 2 aliphatic heterocycles. The lowest BCUT2D eigenvalue weighted by Gasteiger charge is -2.45. The van der Waals surface area contributed by atoms with Crippen molar-refractivity contribution in [1.82, 2.24) is 19.8 Å². The van der Waals surface area contributed by atoms with Crippen LogP contribution in [0.15, 0.2) is 29.1 Å². The van der Waals surface area contributed by atoms with Gasteiger partial charge in [0.15, 0.2) is 6.10 Å². The highest BCUT2D eigenvalue weighted by Gasteiger charge is 2.47. The molecule has 8 nitrogen and oxygen atoms in total. The Kier molecular flexibility index (Phi) is 4.46. The van der Waals surface area contributed by atoms with Crippen LogP contribution in [0, 0.1) is 12.8 Å². The lowest BCUT2D eigenvalue weighted by atomic mass is 9.88. The van der Waals surface area contributed by atoms with Crippen molar-refractivity contribution in [3.05, 3.63) is 41.9 Å². The number of aromatic nitrogens is 2. The molecule has 2 aromatic heterocycles. The number of nitrogens with one attached hydrogen (secondary N) is 1. The maximum Gasteiger partial charge on any atom is 0.257 e. The third kappa shape index (κ3) is 3.35. The number of fused-ring (bicyclic) bond motifs is 2. The lowest BCUT2D eigenvalue weighted by Crippen LogP contribution is -2.54. The van der Waals surface area contributed by atoms with Crippen molar-refractivity contribution < 1.29 is 18.7 Å². The molecule has 1 aliphatic carbocycles. The number of imidazole rings is 1. The average Bonchev–Trinajstić information content (AvgIpc) is 3.25. The van der Waals surface area contributed by atoms with E-state index in [4.69, 9.17) is 9.15 Å². The highest BCUT2D eigenvalue weighted by molar-refractivity contribution is 5.95. The van der Waals surface area contributed by atoms with Gasteiger partial charge in [0.25, 0.3) is 11.8 Å². The molecule has 0 radical (unpaired) electrons. The van der Waals surface area contributed by atoms with Crippen molar-refractivity contribution in [2.45, 2.75) is 50.9 Å². The van der Waals surface area contributed by atoms with Gasteiger partial charge in [0.2, 0.25) is 0 Å². The molecule has 5 rings (SSSR count). The zero-order valence-electron chi connectivity index (χ0n) is 16.6. The Bertz CT molecular complexity index is 921. The van der Waals surface area contributed by atoms with Crippen LogP contribution >= 0.6 is 0 Å². The van der Waals surface area contributed by atoms with Gasteiger partial charge in [0.05, 0.1) is 18.4 Å². The topological polar surface area (TPSA) is 89.6 Å². The maximum atomic E-state index is 12.8. The first-order valence-electron chi connectivity index (χ1n) is 10.4. The smallest absolute Gasteiger partial charge is 0.257 e. The Hall–Kier alpha value is -2.61. The molecular formula is C21H26N4O4. The number of likely N-dealkylation sites (tertiary alicyclic amines) is 1. The molecule has 2 fully saturated rings. The van der Waals surface area contributed by atoms with Gasteiger partial charge in [-0.05, 0) is 31.7 Å². The summed E-state index contributed by atoms with van der Waals surface area (Å²) in [6.07, 6.45) is 8.29. The predicted octanol–water partition coefficient (Wildman–Crippen LogP) is 1.84. The standard InChI is InChI=1S/C21H26N4O4/c1-14-16(4-11-28-14)19(27)24-8-5-21(6-9-24)20-22-7-10-25(20)13-17(29-21)18(26)23-12-15-2-3-15/h4,7,10-11,15,17H,2-3,5-6,8-9,12-13H2,1H3,(H,23,26)/t17-/m0/s1. The number of hydrogen-bond acceptors (Lipinski definition) is 5. The summed E-state index contributed by atoms with van der Waals surface area (Å²) in [7, 11) is 0. The Labute approximate surface area is 169 Å². The molecular weight excluding hydrogens is 372 g/mol. The van der Waals surface area contributed by atoms with Gasteiger partial charge in [0, 0.05) is 44.9 Å². The van der Waals surface area contributed by atoms with Crippen molar-refractivity contribution in [3.63, 3.8) is 0 Å². The van der Waals surface area contributed by atoms with Crippen LogP contribution in [-0.2, 0) is 21.7 Å². The largest absolute Gasteiger partial charge is 0.469 e. The maximum absolute atomic E-state index is 12.8. The molecule has 2 amide bonds. The molecule has 1 N–H and O–H groups in total. The Morgan fingerprint density at radius 1 is 1.31 bits per heavy atom. The van der Waals surface area contributed by atoms with Crippen molar-refractivity contribution in [1.29, 1.82) is 0 Å². The van der Waals surface area contributed by atoms with Crippen LogP contribution in [0.1, 0.15) is 47.6 Å². The number of ether oxygens (including phenoxy) is 1. The normalized spacial score (nSPS) is 23.1. The summed E-state index contributed by atoms with van der Waals surface area (Å²) in [5, 5.41) is 3.04. The van der Waals surface area contributed by atoms with Crippen molar-refractivity contribution in [3.8, 4) is 0 Å². The summed E-state index contributed by atoms with van der Waals surface area (Å²) in [6.45, 7) is 4.10. The fraction of sp³-hybridized carbons (Fsp3) is 0.571. The zero-order valence-corrected chi connectivity index (χ0v) is 16.6. The summed E-state index contributed by atoms with van der Waals surface area (Å²) < 4.78 is 13.7. The van der Waals surface area contributed by atoms with Crippen molar-refractivity contribution in [2.24, 2.45) is 5.92 Å². The van der Waals surface area contributed by atoms with Gasteiger partial charge in [-0.15, -0.1) is 0 Å². The Balaban J connectivity index is 1.31. The molecule has 1 spiro atoms. The molecule has 0 unspecified atom stereocenters. The van der Waals surface area contributed by atoms with Crippen LogP contribution < -0.4 is 5.32 Å². The van der Waals surface area contributed by atoms with Crippen molar-refractivity contribution in [2.75, 3.05) is 19.6 Å². The molecule has 0 aromatic carbocycles. The second-order valence-electron chi connectivity index (χ2n) is 8.38. The van der Waals surface area contributed by atoms with E-state index in [-0.39, 0.29) is 11.8 Å². The third-order valence-corrected chi connectivity index (χ3v) is 6.36. The summed E-state index contributed by atoms with van der Waals surface area (Å²) in [5.74, 6) is 2.04. The second-order valence-corrected chi connectivity index (χ2v) is 8.38. The molecule has 0 bridgehead atoms. The first-order valence-corrected chi connectivity index (χ1v) is 10.4. The average molecular weight is 398 g/mol. The Morgan fingerprint density at radius 2 is 2.10 bits per heavy atom. The van der Waals surface area contributed by atoms with E-state index >= 15 is 0 Å². The zero-order chi connectivity index (χ0) is 20.0. The van der Waals surface area contributed by atoms with Crippen molar-refractivity contribution >= 4 is 11.8 Å². The lowest BCUT2D eigenvalue weighted by molar-refractivity contribution is -0.172. The number of carbonyl (C=O) groups is 2. The monoisotopic (exact) mass is 398 g/mol. The van der Waals surface area contributed by atoms with Crippen LogP contribution in [0.2, 0.25) is 0 Å². The fourth-order valence-electron chi connectivity index (χ4n) is 4.40. The molecule has 8 heteroatoms. The first-order chi connectivity index (χ1) is 14.1. The van der Waals surface area contributed by atoms with E-state index < -0.39 is 11.7 Å².